The number of aryl methyl sites for hydroxylation is 3. The van der Waals surface area contributed by atoms with Crippen molar-refractivity contribution < 1.29 is 4.79 Å². The van der Waals surface area contributed by atoms with Gasteiger partial charge in [-0.15, -0.1) is 0 Å². The molecule has 2 rings (SSSR count). The largest absolute Gasteiger partial charge is 0.399 e. The summed E-state index contributed by atoms with van der Waals surface area (Å²) in [5.74, 6) is -0.119. The molecule has 98 valence electrons. The van der Waals surface area contributed by atoms with E-state index in [1.54, 1.807) is 18.2 Å². The van der Waals surface area contributed by atoms with Crippen LogP contribution in [0.3, 0.4) is 0 Å². The number of benzene rings is 2. The zero-order chi connectivity index (χ0) is 14.0. The van der Waals surface area contributed by atoms with Gasteiger partial charge in [-0.2, -0.15) is 0 Å². The van der Waals surface area contributed by atoms with Gasteiger partial charge >= 0.3 is 0 Å². The first-order chi connectivity index (χ1) is 8.97. The molecule has 0 saturated heterocycles. The molecule has 0 saturated carbocycles. The van der Waals surface area contributed by atoms with Crippen LogP contribution in [0.1, 0.15) is 27.0 Å². The molecule has 0 spiro atoms. The molecule has 0 aliphatic rings. The van der Waals surface area contributed by atoms with Crippen LogP contribution in [0.2, 0.25) is 0 Å². The van der Waals surface area contributed by atoms with Crippen LogP contribution in [0, 0.1) is 20.8 Å². The number of hydrogen-bond acceptors (Lipinski definition) is 2. The maximum atomic E-state index is 12.1. The topological polar surface area (TPSA) is 55.1 Å². The maximum Gasteiger partial charge on any atom is 0.255 e. The first kappa shape index (κ1) is 13.1. The first-order valence-electron chi connectivity index (χ1n) is 6.22. The van der Waals surface area contributed by atoms with Gasteiger partial charge in [0, 0.05) is 16.9 Å². The van der Waals surface area contributed by atoms with E-state index in [-0.39, 0.29) is 5.91 Å². The summed E-state index contributed by atoms with van der Waals surface area (Å²) in [7, 11) is 0. The molecular formula is C16H18N2O. The SMILES string of the molecule is Cc1ccc(NC(=O)c2ccc(N)c(C)c2)cc1C. The van der Waals surface area contributed by atoms with E-state index in [0.717, 1.165) is 16.8 Å². The number of nitrogen functional groups attached to an aromatic ring is 1. The number of nitrogens with one attached hydrogen (secondary N) is 1. The monoisotopic (exact) mass is 254 g/mol. The van der Waals surface area contributed by atoms with Gasteiger partial charge in [0.15, 0.2) is 0 Å². The van der Waals surface area contributed by atoms with Crippen molar-refractivity contribution in [3.05, 3.63) is 58.7 Å². The van der Waals surface area contributed by atoms with Crippen molar-refractivity contribution in [1.29, 1.82) is 0 Å². The normalized spacial score (nSPS) is 10.3. The van der Waals surface area contributed by atoms with Gasteiger partial charge in [-0.1, -0.05) is 6.07 Å². The van der Waals surface area contributed by atoms with E-state index < -0.39 is 0 Å². The third kappa shape index (κ3) is 2.94. The maximum absolute atomic E-state index is 12.1. The van der Waals surface area contributed by atoms with Crippen molar-refractivity contribution in [2.75, 3.05) is 11.1 Å². The Labute approximate surface area is 113 Å². The fourth-order valence-electron chi connectivity index (χ4n) is 1.84. The van der Waals surface area contributed by atoms with E-state index in [2.05, 4.69) is 5.32 Å². The van der Waals surface area contributed by atoms with Gasteiger partial charge in [-0.25, -0.2) is 0 Å². The molecule has 0 heterocycles. The second kappa shape index (κ2) is 5.14. The zero-order valence-electron chi connectivity index (χ0n) is 11.4. The number of carbonyl (C=O) groups excluding carboxylic acids is 1. The van der Waals surface area contributed by atoms with E-state index >= 15 is 0 Å². The van der Waals surface area contributed by atoms with Crippen molar-refractivity contribution in [1.82, 2.24) is 0 Å². The molecule has 3 nitrogen and oxygen atoms in total. The van der Waals surface area contributed by atoms with Crippen molar-refractivity contribution in [2.45, 2.75) is 20.8 Å². The van der Waals surface area contributed by atoms with Crippen molar-refractivity contribution >= 4 is 17.3 Å². The average molecular weight is 254 g/mol. The summed E-state index contributed by atoms with van der Waals surface area (Å²) in [4.78, 5) is 12.1. The van der Waals surface area contributed by atoms with Crippen LogP contribution < -0.4 is 11.1 Å². The summed E-state index contributed by atoms with van der Waals surface area (Å²) in [6.45, 7) is 5.96. The average Bonchev–Trinajstić information content (AvgIpc) is 2.37. The Balaban J connectivity index is 2.20. The molecule has 1 amide bonds. The predicted molar refractivity (Wildman–Crippen MR) is 79.5 cm³/mol. The molecule has 0 unspecified atom stereocenters. The number of carbonyl (C=O) groups is 1. The summed E-state index contributed by atoms with van der Waals surface area (Å²) in [5.41, 5.74) is 11.1. The van der Waals surface area contributed by atoms with Gasteiger partial charge < -0.3 is 11.1 Å². The number of hydrogen-bond donors (Lipinski definition) is 2. The Morgan fingerprint density at radius 2 is 1.68 bits per heavy atom. The molecule has 0 aliphatic carbocycles. The van der Waals surface area contributed by atoms with Gasteiger partial charge in [-0.3, -0.25) is 4.79 Å². The fraction of sp³-hybridized carbons (Fsp3) is 0.188. The van der Waals surface area contributed by atoms with Crippen LogP contribution >= 0.6 is 0 Å². The van der Waals surface area contributed by atoms with Crippen LogP contribution in [0.15, 0.2) is 36.4 Å². The van der Waals surface area contributed by atoms with Gasteiger partial charge in [0.1, 0.15) is 0 Å². The minimum absolute atomic E-state index is 0.119. The number of amides is 1. The number of nitrogens with two attached hydrogens (primary N) is 1. The van der Waals surface area contributed by atoms with Gasteiger partial charge in [0.25, 0.3) is 5.91 Å². The van der Waals surface area contributed by atoms with Crippen molar-refractivity contribution in [2.24, 2.45) is 0 Å². The van der Waals surface area contributed by atoms with Crippen LogP contribution in [0.5, 0.6) is 0 Å². The van der Waals surface area contributed by atoms with E-state index in [1.165, 1.54) is 5.56 Å². The second-order valence-corrected chi connectivity index (χ2v) is 4.82. The van der Waals surface area contributed by atoms with Gasteiger partial charge in [0.2, 0.25) is 0 Å². The minimum Gasteiger partial charge on any atom is -0.399 e. The molecule has 3 N–H and O–H groups in total. The molecule has 19 heavy (non-hydrogen) atoms. The summed E-state index contributed by atoms with van der Waals surface area (Å²) in [5, 5.41) is 2.89. The van der Waals surface area contributed by atoms with E-state index in [4.69, 9.17) is 5.73 Å². The highest BCUT2D eigenvalue weighted by atomic mass is 16.1. The molecule has 0 atom stereocenters. The lowest BCUT2D eigenvalue weighted by molar-refractivity contribution is 0.102. The fourth-order valence-corrected chi connectivity index (χ4v) is 1.84. The Kier molecular flexibility index (Phi) is 3.56. The Hall–Kier alpha value is -2.29. The lowest BCUT2D eigenvalue weighted by atomic mass is 10.1. The highest BCUT2D eigenvalue weighted by Gasteiger charge is 2.07. The number of anilines is 2. The summed E-state index contributed by atoms with van der Waals surface area (Å²) in [6, 6.07) is 11.2. The van der Waals surface area contributed by atoms with E-state index in [9.17, 15) is 4.79 Å². The summed E-state index contributed by atoms with van der Waals surface area (Å²) < 4.78 is 0. The smallest absolute Gasteiger partial charge is 0.255 e. The lowest BCUT2D eigenvalue weighted by Crippen LogP contribution is -2.12. The third-order valence-corrected chi connectivity index (χ3v) is 3.30. The quantitative estimate of drug-likeness (QED) is 0.806. The number of rotatable bonds is 2. The van der Waals surface area contributed by atoms with Crippen molar-refractivity contribution in [3.8, 4) is 0 Å². The minimum atomic E-state index is -0.119. The highest BCUT2D eigenvalue weighted by molar-refractivity contribution is 6.04. The second-order valence-electron chi connectivity index (χ2n) is 4.82. The lowest BCUT2D eigenvalue weighted by Gasteiger charge is -2.09. The highest BCUT2D eigenvalue weighted by Crippen LogP contribution is 2.17. The Bertz CT molecular complexity index is 633. The summed E-state index contributed by atoms with van der Waals surface area (Å²) in [6.07, 6.45) is 0. The zero-order valence-corrected chi connectivity index (χ0v) is 11.4. The van der Waals surface area contributed by atoms with E-state index in [1.807, 2.05) is 39.0 Å². The van der Waals surface area contributed by atoms with Crippen LogP contribution in [0.4, 0.5) is 11.4 Å². The van der Waals surface area contributed by atoms with Crippen molar-refractivity contribution in [3.63, 3.8) is 0 Å². The molecule has 2 aromatic carbocycles. The predicted octanol–water partition coefficient (Wildman–Crippen LogP) is 3.45. The van der Waals surface area contributed by atoms with Crippen LogP contribution in [0.25, 0.3) is 0 Å². The molecule has 0 aromatic heterocycles. The molecule has 0 aliphatic heterocycles. The molecule has 0 bridgehead atoms. The molecule has 0 fully saturated rings. The standard InChI is InChI=1S/C16H18N2O/c1-10-4-6-14(9-11(10)2)18-16(19)13-5-7-15(17)12(3)8-13/h4-9H,17H2,1-3H3,(H,18,19). The molecule has 0 radical (unpaired) electrons. The summed E-state index contributed by atoms with van der Waals surface area (Å²) >= 11 is 0. The Morgan fingerprint density at radius 3 is 2.32 bits per heavy atom. The van der Waals surface area contributed by atoms with E-state index in [0.29, 0.717) is 11.3 Å². The molecular weight excluding hydrogens is 236 g/mol. The van der Waals surface area contributed by atoms with Gasteiger partial charge in [-0.05, 0) is 67.8 Å². The molecule has 2 aromatic rings. The van der Waals surface area contributed by atoms with Crippen LogP contribution in [-0.4, -0.2) is 5.91 Å². The van der Waals surface area contributed by atoms with Crippen LogP contribution in [-0.2, 0) is 0 Å². The van der Waals surface area contributed by atoms with Gasteiger partial charge in [0.05, 0.1) is 0 Å². The first-order valence-corrected chi connectivity index (χ1v) is 6.22. The molecule has 3 heteroatoms. The Morgan fingerprint density at radius 1 is 0.947 bits per heavy atom. The third-order valence-electron chi connectivity index (χ3n) is 3.30.